The number of nitrogens with one attached hydrogen (secondary N) is 1. The summed E-state index contributed by atoms with van der Waals surface area (Å²) in [6.07, 6.45) is 0.699. The molecule has 3 aliphatic rings. The van der Waals surface area contributed by atoms with Crippen LogP contribution in [0.4, 0.5) is 11.4 Å². The fourth-order valence-corrected chi connectivity index (χ4v) is 6.70. The van der Waals surface area contributed by atoms with Gasteiger partial charge in [0.15, 0.2) is 6.61 Å². The minimum atomic E-state index is -0.684. The van der Waals surface area contributed by atoms with Gasteiger partial charge >= 0.3 is 5.97 Å². The summed E-state index contributed by atoms with van der Waals surface area (Å²) >= 11 is 12.8. The van der Waals surface area contributed by atoms with Gasteiger partial charge in [-0.05, 0) is 79.6 Å². The van der Waals surface area contributed by atoms with Crippen molar-refractivity contribution >= 4 is 58.3 Å². The van der Waals surface area contributed by atoms with Gasteiger partial charge in [0.1, 0.15) is 0 Å². The number of esters is 1. The summed E-state index contributed by atoms with van der Waals surface area (Å²) in [6.45, 7) is 3.41. The third-order valence-corrected chi connectivity index (χ3v) is 8.51. The largest absolute Gasteiger partial charge is 0.452 e. The minimum absolute atomic E-state index is 0.0975. The first-order valence-electron chi connectivity index (χ1n) is 11.5. The Morgan fingerprint density at radius 2 is 1.49 bits per heavy atom. The van der Waals surface area contributed by atoms with Crippen molar-refractivity contribution in [3.63, 3.8) is 0 Å². The average Bonchev–Trinajstić information content (AvgIpc) is 3.42. The first-order valence-corrected chi connectivity index (χ1v) is 12.3. The molecule has 2 aromatic carbocycles. The van der Waals surface area contributed by atoms with Crippen LogP contribution in [0.15, 0.2) is 42.5 Å². The Hall–Kier alpha value is -2.90. The lowest BCUT2D eigenvalue weighted by Crippen LogP contribution is -2.37. The van der Waals surface area contributed by atoms with E-state index < -0.39 is 30.3 Å². The van der Waals surface area contributed by atoms with E-state index in [4.69, 9.17) is 27.9 Å². The molecular weight excluding hydrogens is 491 g/mol. The third-order valence-electron chi connectivity index (χ3n) is 7.19. The number of hydrogen-bond acceptors (Lipinski definition) is 5. The Bertz CT molecular complexity index is 1180. The normalized spacial score (nSPS) is 28.9. The summed E-state index contributed by atoms with van der Waals surface area (Å²) in [5.41, 5.74) is 3.23. The number of alkyl halides is 2. The molecule has 2 bridgehead atoms. The molecule has 1 aliphatic heterocycles. The van der Waals surface area contributed by atoms with E-state index >= 15 is 0 Å². The van der Waals surface area contributed by atoms with Crippen molar-refractivity contribution in [2.75, 3.05) is 16.8 Å². The molecule has 1 N–H and O–H groups in total. The van der Waals surface area contributed by atoms with Gasteiger partial charge in [0.05, 0.1) is 33.8 Å². The van der Waals surface area contributed by atoms with Gasteiger partial charge in [-0.1, -0.05) is 6.07 Å². The highest BCUT2D eigenvalue weighted by Crippen LogP contribution is 2.59. The van der Waals surface area contributed by atoms with Crippen LogP contribution in [-0.4, -0.2) is 41.1 Å². The van der Waals surface area contributed by atoms with Crippen LogP contribution >= 0.6 is 23.2 Å². The van der Waals surface area contributed by atoms with Crippen LogP contribution in [0.5, 0.6) is 0 Å². The first kappa shape index (κ1) is 23.8. The van der Waals surface area contributed by atoms with Crippen LogP contribution in [0, 0.1) is 37.5 Å². The molecule has 0 radical (unpaired) electrons. The van der Waals surface area contributed by atoms with Gasteiger partial charge in [0.2, 0.25) is 11.8 Å². The van der Waals surface area contributed by atoms with E-state index in [1.807, 2.05) is 32.0 Å². The Kier molecular flexibility index (Phi) is 6.09. The summed E-state index contributed by atoms with van der Waals surface area (Å²) in [5, 5.41) is 2.08. The smallest absolute Gasteiger partial charge is 0.338 e. The van der Waals surface area contributed by atoms with Crippen LogP contribution in [-0.2, 0) is 19.1 Å². The lowest BCUT2D eigenvalue weighted by Gasteiger charge is -2.28. The molecule has 0 unspecified atom stereocenters. The zero-order valence-electron chi connectivity index (χ0n) is 19.2. The summed E-state index contributed by atoms with van der Waals surface area (Å²) < 4.78 is 5.12. The monoisotopic (exact) mass is 514 g/mol. The van der Waals surface area contributed by atoms with E-state index in [0.717, 1.165) is 11.1 Å². The molecule has 1 saturated heterocycles. The van der Waals surface area contributed by atoms with Crippen LogP contribution in [0.3, 0.4) is 0 Å². The molecule has 6 atom stereocenters. The van der Waals surface area contributed by atoms with Crippen molar-refractivity contribution in [2.45, 2.75) is 31.0 Å². The molecule has 7 nitrogen and oxygen atoms in total. The summed E-state index contributed by atoms with van der Waals surface area (Å²) in [5.74, 6) is -2.74. The van der Waals surface area contributed by atoms with Crippen molar-refractivity contribution in [1.82, 2.24) is 0 Å². The number of halogens is 2. The number of carbonyl (C=O) groups excluding carboxylic acids is 4. The second-order valence-electron chi connectivity index (χ2n) is 9.56. The number of ether oxygens (including phenoxy) is 1. The van der Waals surface area contributed by atoms with Gasteiger partial charge in [-0.2, -0.15) is 0 Å². The fraction of sp³-hybridized carbons (Fsp3) is 0.385. The Labute approximate surface area is 212 Å². The topological polar surface area (TPSA) is 92.8 Å². The van der Waals surface area contributed by atoms with Gasteiger partial charge < -0.3 is 10.1 Å². The number of hydrogen-bond donors (Lipinski definition) is 1. The van der Waals surface area contributed by atoms with Gasteiger partial charge in [0, 0.05) is 5.69 Å². The Morgan fingerprint density at radius 3 is 2.03 bits per heavy atom. The molecule has 0 aromatic heterocycles. The molecule has 2 saturated carbocycles. The molecule has 9 heteroatoms. The van der Waals surface area contributed by atoms with Crippen LogP contribution < -0.4 is 10.2 Å². The Morgan fingerprint density at radius 1 is 0.943 bits per heavy atom. The molecule has 3 fully saturated rings. The molecular formula is C26H24Cl2N2O5. The number of nitrogens with zero attached hydrogens (tertiary/aromatic N) is 1. The fourth-order valence-electron chi connectivity index (χ4n) is 5.81. The number of fused-ring (bicyclic) bond motifs is 5. The van der Waals surface area contributed by atoms with Crippen LogP contribution in [0.1, 0.15) is 27.9 Å². The summed E-state index contributed by atoms with van der Waals surface area (Å²) in [7, 11) is 0. The maximum atomic E-state index is 13.1. The van der Waals surface area contributed by atoms with Gasteiger partial charge in [0.25, 0.3) is 5.91 Å². The second-order valence-corrected chi connectivity index (χ2v) is 10.6. The van der Waals surface area contributed by atoms with Gasteiger partial charge in [-0.15, -0.1) is 23.2 Å². The quantitative estimate of drug-likeness (QED) is 0.368. The van der Waals surface area contributed by atoms with Crippen LogP contribution in [0.2, 0.25) is 0 Å². The van der Waals surface area contributed by atoms with E-state index in [2.05, 4.69) is 5.32 Å². The zero-order chi connectivity index (χ0) is 25.0. The second kappa shape index (κ2) is 8.95. The van der Waals surface area contributed by atoms with E-state index in [1.54, 1.807) is 0 Å². The standard InChI is InChI=1S/C26H24Cl2N2O5/c1-12-7-13(2)9-15(8-12)29-19(31)11-35-26(34)14-3-5-16(6-4-14)30-24(32)20-17-10-18(21(20)25(30)33)23(28)22(17)27/h3-9,17-18,20-23H,10-11H2,1-2H3,(H,29,31)/t17-,18-,20-,21+,22+,23+/m1/s1. The van der Waals surface area contributed by atoms with Crippen molar-refractivity contribution in [1.29, 1.82) is 0 Å². The molecule has 182 valence electrons. The lowest BCUT2D eigenvalue weighted by atomic mass is 9.80. The highest BCUT2D eigenvalue weighted by Gasteiger charge is 2.66. The number of imide groups is 1. The van der Waals surface area contributed by atoms with E-state index in [9.17, 15) is 19.2 Å². The minimum Gasteiger partial charge on any atom is -0.452 e. The predicted octanol–water partition coefficient (Wildman–Crippen LogP) is 4.07. The number of aryl methyl sites for hydroxylation is 2. The zero-order valence-corrected chi connectivity index (χ0v) is 20.7. The highest BCUT2D eigenvalue weighted by molar-refractivity contribution is 6.32. The Balaban J connectivity index is 1.21. The van der Waals surface area contributed by atoms with E-state index in [0.29, 0.717) is 17.8 Å². The van der Waals surface area contributed by atoms with Gasteiger partial charge in [-0.25, -0.2) is 4.79 Å². The number of benzene rings is 2. The van der Waals surface area contributed by atoms with Crippen molar-refractivity contribution in [3.8, 4) is 0 Å². The highest BCUT2D eigenvalue weighted by atomic mass is 35.5. The molecule has 3 amide bonds. The van der Waals surface area contributed by atoms with Crippen molar-refractivity contribution in [2.24, 2.45) is 23.7 Å². The van der Waals surface area contributed by atoms with Crippen molar-refractivity contribution < 1.29 is 23.9 Å². The summed E-state index contributed by atoms with van der Waals surface area (Å²) in [6, 6.07) is 11.6. The molecule has 2 aromatic rings. The van der Waals surface area contributed by atoms with E-state index in [-0.39, 0.29) is 40.0 Å². The van der Waals surface area contributed by atoms with Gasteiger partial charge in [-0.3, -0.25) is 19.3 Å². The molecule has 35 heavy (non-hydrogen) atoms. The number of rotatable bonds is 5. The first-order chi connectivity index (χ1) is 16.7. The predicted molar refractivity (Wildman–Crippen MR) is 132 cm³/mol. The van der Waals surface area contributed by atoms with Crippen LogP contribution in [0.25, 0.3) is 0 Å². The summed E-state index contributed by atoms with van der Waals surface area (Å²) in [4.78, 5) is 52.0. The molecule has 1 heterocycles. The molecule has 5 rings (SSSR count). The maximum absolute atomic E-state index is 13.1. The number of anilines is 2. The maximum Gasteiger partial charge on any atom is 0.338 e. The van der Waals surface area contributed by atoms with E-state index in [1.165, 1.54) is 29.2 Å². The number of carbonyl (C=O) groups is 4. The third kappa shape index (κ3) is 4.10. The number of amides is 3. The average molecular weight is 515 g/mol. The molecule has 2 aliphatic carbocycles. The van der Waals surface area contributed by atoms with Crippen molar-refractivity contribution in [3.05, 3.63) is 59.2 Å². The molecule has 0 spiro atoms. The SMILES string of the molecule is Cc1cc(C)cc(NC(=O)COC(=O)c2ccc(N3C(=O)[C@@H]4[C@H]5C[C@@H]([C@H](Cl)[C@H]5Cl)[C@@H]4C3=O)cc2)c1. The lowest BCUT2D eigenvalue weighted by molar-refractivity contribution is -0.123.